The van der Waals surface area contributed by atoms with Crippen LogP contribution in [0.3, 0.4) is 0 Å². The van der Waals surface area contributed by atoms with E-state index in [1.807, 2.05) is 0 Å². The van der Waals surface area contributed by atoms with Crippen LogP contribution in [-0.2, 0) is 14.3 Å². The fourth-order valence-corrected chi connectivity index (χ4v) is 2.01. The van der Waals surface area contributed by atoms with Gasteiger partial charge in [-0.1, -0.05) is 6.07 Å². The van der Waals surface area contributed by atoms with E-state index < -0.39 is 30.6 Å². The highest BCUT2D eigenvalue weighted by atomic mass is 16.5. The smallest absolute Gasteiger partial charge is 0.411 e. The lowest BCUT2D eigenvalue weighted by Crippen LogP contribution is -2.37. The molecule has 2 rings (SSSR count). The van der Waals surface area contributed by atoms with Gasteiger partial charge in [0.2, 0.25) is 0 Å². The number of hydrogen-bond acceptors (Lipinski definition) is 6. The Kier molecular flexibility index (Phi) is 5.72. The van der Waals surface area contributed by atoms with E-state index in [4.69, 9.17) is 9.47 Å². The summed E-state index contributed by atoms with van der Waals surface area (Å²) in [6.45, 7) is 1.97. The Morgan fingerprint density at radius 2 is 2.08 bits per heavy atom. The van der Waals surface area contributed by atoms with Gasteiger partial charge in [-0.2, -0.15) is 0 Å². The molecule has 1 heterocycles. The molecule has 1 fully saturated rings. The van der Waals surface area contributed by atoms with Crippen molar-refractivity contribution >= 4 is 29.7 Å². The van der Waals surface area contributed by atoms with Crippen molar-refractivity contribution in [1.29, 1.82) is 0 Å². The Labute approximate surface area is 137 Å². The topological polar surface area (TPSA) is 114 Å². The van der Waals surface area contributed by atoms with Gasteiger partial charge < -0.3 is 14.8 Å². The van der Waals surface area contributed by atoms with Crippen molar-refractivity contribution in [3.05, 3.63) is 29.8 Å². The van der Waals surface area contributed by atoms with Gasteiger partial charge in [-0.05, 0) is 25.1 Å². The molecule has 1 aromatic rings. The number of urea groups is 1. The molecule has 0 spiro atoms. The first-order valence-corrected chi connectivity index (χ1v) is 7.30. The van der Waals surface area contributed by atoms with Crippen molar-refractivity contribution < 1.29 is 28.7 Å². The van der Waals surface area contributed by atoms with Crippen LogP contribution in [-0.4, -0.2) is 55.2 Å². The molecule has 0 aliphatic carbocycles. The normalized spacial score (nSPS) is 13.2. The third-order valence-corrected chi connectivity index (χ3v) is 3.10. The molecule has 128 valence electrons. The van der Waals surface area contributed by atoms with Gasteiger partial charge in [-0.15, -0.1) is 0 Å². The Hall–Kier alpha value is -3.10. The number of rotatable bonds is 5. The second-order valence-electron chi connectivity index (χ2n) is 4.78. The summed E-state index contributed by atoms with van der Waals surface area (Å²) in [5.41, 5.74) is 0.510. The Morgan fingerprint density at radius 3 is 2.75 bits per heavy atom. The zero-order valence-corrected chi connectivity index (χ0v) is 13.0. The highest BCUT2D eigenvalue weighted by Crippen LogP contribution is 2.12. The molecule has 1 aliphatic rings. The quantitative estimate of drug-likeness (QED) is 0.775. The summed E-state index contributed by atoms with van der Waals surface area (Å²) < 4.78 is 9.64. The zero-order chi connectivity index (χ0) is 17.5. The van der Waals surface area contributed by atoms with E-state index in [2.05, 4.69) is 10.6 Å². The number of nitrogens with one attached hydrogen (secondary N) is 2. The van der Waals surface area contributed by atoms with E-state index in [0.29, 0.717) is 12.2 Å². The minimum Gasteiger partial charge on any atom is -0.452 e. The van der Waals surface area contributed by atoms with Crippen LogP contribution in [0.15, 0.2) is 24.3 Å². The van der Waals surface area contributed by atoms with Gasteiger partial charge in [0.1, 0.15) is 0 Å². The summed E-state index contributed by atoms with van der Waals surface area (Å²) in [7, 11) is 0. The molecule has 2 N–H and O–H groups in total. The predicted molar refractivity (Wildman–Crippen MR) is 82.5 cm³/mol. The second-order valence-corrected chi connectivity index (χ2v) is 4.78. The highest BCUT2D eigenvalue weighted by Gasteiger charge is 2.26. The number of esters is 1. The molecule has 0 unspecified atom stereocenters. The summed E-state index contributed by atoms with van der Waals surface area (Å²) >= 11 is 0. The van der Waals surface area contributed by atoms with Gasteiger partial charge in [0.05, 0.1) is 12.2 Å². The molecular formula is C15H17N3O6. The number of carbonyl (C=O) groups is 4. The van der Waals surface area contributed by atoms with E-state index in [1.54, 1.807) is 19.1 Å². The monoisotopic (exact) mass is 335 g/mol. The first-order chi connectivity index (χ1) is 11.5. The first kappa shape index (κ1) is 17.3. The molecule has 4 amide bonds. The number of amides is 4. The van der Waals surface area contributed by atoms with E-state index in [-0.39, 0.29) is 18.7 Å². The molecule has 0 bridgehead atoms. The maximum Gasteiger partial charge on any atom is 0.411 e. The van der Waals surface area contributed by atoms with Crippen molar-refractivity contribution in [3.63, 3.8) is 0 Å². The number of benzene rings is 1. The van der Waals surface area contributed by atoms with Gasteiger partial charge in [0.15, 0.2) is 6.61 Å². The third kappa shape index (κ3) is 4.45. The van der Waals surface area contributed by atoms with Crippen LogP contribution in [0.5, 0.6) is 0 Å². The second kappa shape index (κ2) is 7.95. The predicted octanol–water partition coefficient (Wildman–Crippen LogP) is 0.964. The molecule has 0 aromatic heterocycles. The number of nitrogens with zero attached hydrogens (tertiary/aromatic N) is 1. The average Bonchev–Trinajstić information content (AvgIpc) is 2.99. The number of ether oxygens (including phenoxy) is 2. The van der Waals surface area contributed by atoms with Crippen LogP contribution in [0, 0.1) is 0 Å². The fraction of sp³-hybridized carbons (Fsp3) is 0.333. The maximum absolute atomic E-state index is 12.0. The number of carbonyl (C=O) groups excluding carboxylic acids is 4. The molecular weight excluding hydrogens is 318 g/mol. The van der Waals surface area contributed by atoms with Gasteiger partial charge in [-0.25, -0.2) is 14.4 Å². The third-order valence-electron chi connectivity index (χ3n) is 3.10. The standard InChI is InChI=1S/C15H17N3O6/c1-2-23-15(22)17-11-5-3-4-10(8-11)13(20)24-9-12(19)18-7-6-16-14(18)21/h3-5,8H,2,6-7,9H2,1H3,(H,16,21)(H,17,22). The van der Waals surface area contributed by atoms with Crippen LogP contribution in [0.25, 0.3) is 0 Å². The molecule has 9 nitrogen and oxygen atoms in total. The molecule has 0 saturated carbocycles. The van der Waals surface area contributed by atoms with Gasteiger partial charge in [0, 0.05) is 18.8 Å². The summed E-state index contributed by atoms with van der Waals surface area (Å²) in [6.07, 6.45) is -0.641. The molecule has 1 aromatic carbocycles. The minimum absolute atomic E-state index is 0.156. The molecule has 0 radical (unpaired) electrons. The van der Waals surface area contributed by atoms with E-state index in [0.717, 1.165) is 4.90 Å². The Morgan fingerprint density at radius 1 is 1.29 bits per heavy atom. The van der Waals surface area contributed by atoms with Crippen LogP contribution < -0.4 is 10.6 Å². The van der Waals surface area contributed by atoms with E-state index in [1.165, 1.54) is 12.1 Å². The lowest BCUT2D eigenvalue weighted by atomic mass is 10.2. The summed E-state index contributed by atoms with van der Waals surface area (Å²) in [5, 5.41) is 4.94. The summed E-state index contributed by atoms with van der Waals surface area (Å²) in [4.78, 5) is 47.4. The van der Waals surface area contributed by atoms with Gasteiger partial charge in [-0.3, -0.25) is 15.0 Å². The molecule has 1 aliphatic heterocycles. The fourth-order valence-electron chi connectivity index (χ4n) is 2.01. The Bertz CT molecular complexity index is 660. The maximum atomic E-state index is 12.0. The number of hydrogen-bond donors (Lipinski definition) is 2. The lowest BCUT2D eigenvalue weighted by molar-refractivity contribution is -0.130. The minimum atomic E-state index is -0.740. The van der Waals surface area contributed by atoms with Crippen molar-refractivity contribution in [2.45, 2.75) is 6.92 Å². The SMILES string of the molecule is CCOC(=O)Nc1cccc(C(=O)OCC(=O)N2CCNC2=O)c1. The van der Waals surface area contributed by atoms with Crippen LogP contribution in [0.2, 0.25) is 0 Å². The largest absolute Gasteiger partial charge is 0.452 e. The van der Waals surface area contributed by atoms with Crippen LogP contribution in [0.4, 0.5) is 15.3 Å². The summed E-state index contributed by atoms with van der Waals surface area (Å²) in [5.74, 6) is -1.34. The zero-order valence-electron chi connectivity index (χ0n) is 13.0. The van der Waals surface area contributed by atoms with Crippen molar-refractivity contribution in [2.24, 2.45) is 0 Å². The lowest BCUT2D eigenvalue weighted by Gasteiger charge is -2.12. The number of anilines is 1. The highest BCUT2D eigenvalue weighted by molar-refractivity contribution is 5.98. The summed E-state index contributed by atoms with van der Waals surface area (Å²) in [6, 6.07) is 5.50. The molecule has 0 atom stereocenters. The van der Waals surface area contributed by atoms with Crippen LogP contribution in [0.1, 0.15) is 17.3 Å². The first-order valence-electron chi connectivity index (χ1n) is 7.30. The van der Waals surface area contributed by atoms with Crippen molar-refractivity contribution in [1.82, 2.24) is 10.2 Å². The number of imide groups is 1. The van der Waals surface area contributed by atoms with E-state index in [9.17, 15) is 19.2 Å². The Balaban J connectivity index is 1.91. The molecule has 9 heteroatoms. The molecule has 1 saturated heterocycles. The van der Waals surface area contributed by atoms with E-state index >= 15 is 0 Å². The van der Waals surface area contributed by atoms with Crippen molar-refractivity contribution in [3.8, 4) is 0 Å². The van der Waals surface area contributed by atoms with Crippen molar-refractivity contribution in [2.75, 3.05) is 31.6 Å². The van der Waals surface area contributed by atoms with Gasteiger partial charge >= 0.3 is 18.1 Å². The average molecular weight is 335 g/mol. The van der Waals surface area contributed by atoms with Crippen LogP contribution >= 0.6 is 0 Å². The van der Waals surface area contributed by atoms with Gasteiger partial charge in [0.25, 0.3) is 5.91 Å². The molecule has 24 heavy (non-hydrogen) atoms.